The number of hydrogen-bond donors (Lipinski definition) is 1. The minimum absolute atomic E-state index is 0.0304. The van der Waals surface area contributed by atoms with Gasteiger partial charge in [-0.15, -0.1) is 0 Å². The topological polar surface area (TPSA) is 64.6 Å². The molecule has 2 unspecified atom stereocenters. The van der Waals surface area contributed by atoms with Gasteiger partial charge in [0.2, 0.25) is 0 Å². The first kappa shape index (κ1) is 13.9. The first-order valence-electron chi connectivity index (χ1n) is 5.47. The van der Waals surface area contributed by atoms with Crippen molar-refractivity contribution in [3.8, 4) is 0 Å². The monoisotopic (exact) mass is 251 g/mol. The molecule has 0 radical (unpaired) electrons. The van der Waals surface area contributed by atoms with Crippen LogP contribution in [0.2, 0.25) is 0 Å². The fourth-order valence-corrected chi connectivity index (χ4v) is 3.61. The normalized spacial score (nSPS) is 26.5. The van der Waals surface area contributed by atoms with Gasteiger partial charge in [0.1, 0.15) is 0 Å². The van der Waals surface area contributed by atoms with Gasteiger partial charge in [0.15, 0.2) is 16.1 Å². The van der Waals surface area contributed by atoms with E-state index >= 15 is 0 Å². The molecule has 5 nitrogen and oxygen atoms in total. The molecule has 16 heavy (non-hydrogen) atoms. The molecule has 0 spiro atoms. The van der Waals surface area contributed by atoms with Crippen LogP contribution < -0.4 is 5.32 Å². The maximum atomic E-state index is 11.5. The van der Waals surface area contributed by atoms with Crippen LogP contribution in [0, 0.1) is 0 Å². The van der Waals surface area contributed by atoms with Gasteiger partial charge in [0.25, 0.3) is 0 Å². The molecule has 96 valence electrons. The summed E-state index contributed by atoms with van der Waals surface area (Å²) in [6, 6.07) is 0.0304. The van der Waals surface area contributed by atoms with Crippen LogP contribution in [0.25, 0.3) is 0 Å². The standard InChI is InChI=1S/C10H21NO4S/c1-14-10(15-2)7-11-8-5-4-6-9(8)16(3,12)13/h8-11H,4-7H2,1-3H3. The highest BCUT2D eigenvalue weighted by atomic mass is 32.2. The first-order valence-corrected chi connectivity index (χ1v) is 7.42. The van der Waals surface area contributed by atoms with Crippen molar-refractivity contribution in [2.24, 2.45) is 0 Å². The van der Waals surface area contributed by atoms with Crippen LogP contribution >= 0.6 is 0 Å². The maximum absolute atomic E-state index is 11.5. The summed E-state index contributed by atoms with van der Waals surface area (Å²) in [5, 5.41) is 2.95. The zero-order valence-corrected chi connectivity index (χ0v) is 10.9. The van der Waals surface area contributed by atoms with Crippen LogP contribution in [0.1, 0.15) is 19.3 Å². The largest absolute Gasteiger partial charge is 0.355 e. The molecule has 1 rings (SSSR count). The Morgan fingerprint density at radius 2 is 1.94 bits per heavy atom. The summed E-state index contributed by atoms with van der Waals surface area (Å²) in [6.45, 7) is 0.518. The van der Waals surface area contributed by atoms with E-state index in [0.29, 0.717) is 6.54 Å². The highest BCUT2D eigenvalue weighted by molar-refractivity contribution is 7.91. The Morgan fingerprint density at radius 1 is 1.31 bits per heavy atom. The Balaban J connectivity index is 2.47. The molecule has 0 aromatic rings. The first-order chi connectivity index (χ1) is 7.49. The highest BCUT2D eigenvalue weighted by Gasteiger charge is 2.34. The van der Waals surface area contributed by atoms with E-state index < -0.39 is 9.84 Å². The lowest BCUT2D eigenvalue weighted by atomic mass is 10.2. The van der Waals surface area contributed by atoms with Gasteiger partial charge in [-0.2, -0.15) is 0 Å². The minimum atomic E-state index is -2.96. The summed E-state index contributed by atoms with van der Waals surface area (Å²) in [5.74, 6) is 0. The zero-order chi connectivity index (χ0) is 12.2. The van der Waals surface area contributed by atoms with E-state index in [1.54, 1.807) is 14.2 Å². The molecule has 0 aromatic carbocycles. The fourth-order valence-electron chi connectivity index (χ4n) is 2.18. The van der Waals surface area contributed by atoms with Crippen LogP contribution in [0.5, 0.6) is 0 Å². The SMILES string of the molecule is COC(CNC1CCCC1S(C)(=O)=O)OC. The molecule has 1 aliphatic rings. The minimum Gasteiger partial charge on any atom is -0.355 e. The van der Waals surface area contributed by atoms with Crippen molar-refractivity contribution in [2.75, 3.05) is 27.0 Å². The second-order valence-electron chi connectivity index (χ2n) is 4.21. The smallest absolute Gasteiger partial charge is 0.169 e. The molecule has 0 aliphatic heterocycles. The maximum Gasteiger partial charge on any atom is 0.169 e. The molecule has 2 atom stereocenters. The Hall–Kier alpha value is -0.170. The van der Waals surface area contributed by atoms with E-state index in [0.717, 1.165) is 19.3 Å². The zero-order valence-electron chi connectivity index (χ0n) is 10.1. The summed E-state index contributed by atoms with van der Waals surface area (Å²) < 4.78 is 33.1. The molecule has 1 saturated carbocycles. The van der Waals surface area contributed by atoms with E-state index in [-0.39, 0.29) is 17.6 Å². The van der Waals surface area contributed by atoms with Crippen molar-refractivity contribution in [1.29, 1.82) is 0 Å². The van der Waals surface area contributed by atoms with E-state index in [2.05, 4.69) is 5.32 Å². The molecular formula is C10H21NO4S. The number of rotatable bonds is 6. The summed E-state index contributed by atoms with van der Waals surface area (Å²) in [6.07, 6.45) is 3.60. The van der Waals surface area contributed by atoms with Gasteiger partial charge >= 0.3 is 0 Å². The summed E-state index contributed by atoms with van der Waals surface area (Å²) in [5.41, 5.74) is 0. The third kappa shape index (κ3) is 3.69. The lowest BCUT2D eigenvalue weighted by Gasteiger charge is -2.22. The quantitative estimate of drug-likeness (QED) is 0.681. The van der Waals surface area contributed by atoms with Crippen molar-refractivity contribution in [1.82, 2.24) is 5.32 Å². The van der Waals surface area contributed by atoms with Gasteiger partial charge < -0.3 is 14.8 Å². The molecular weight excluding hydrogens is 230 g/mol. The van der Waals surface area contributed by atoms with Gasteiger partial charge in [-0.05, 0) is 12.8 Å². The number of sulfone groups is 1. The number of nitrogens with one attached hydrogen (secondary N) is 1. The Labute approximate surface area is 97.4 Å². The van der Waals surface area contributed by atoms with E-state index in [4.69, 9.17) is 9.47 Å². The van der Waals surface area contributed by atoms with Crippen LogP contribution in [-0.4, -0.2) is 53.0 Å². The predicted molar refractivity (Wildman–Crippen MR) is 62.1 cm³/mol. The summed E-state index contributed by atoms with van der Waals surface area (Å²) in [7, 11) is 0.179. The Kier molecular flexibility index (Phi) is 5.17. The lowest BCUT2D eigenvalue weighted by Crippen LogP contribution is -2.43. The van der Waals surface area contributed by atoms with Crippen LogP contribution in [-0.2, 0) is 19.3 Å². The molecule has 1 aliphatic carbocycles. The van der Waals surface area contributed by atoms with Gasteiger partial charge in [-0.3, -0.25) is 0 Å². The van der Waals surface area contributed by atoms with Crippen LogP contribution in [0.3, 0.4) is 0 Å². The average Bonchev–Trinajstić information content (AvgIpc) is 2.67. The van der Waals surface area contributed by atoms with E-state index in [1.165, 1.54) is 6.26 Å². The van der Waals surface area contributed by atoms with Gasteiger partial charge in [0, 0.05) is 33.1 Å². The predicted octanol–water partition coefficient (Wildman–Crippen LogP) is 0.161. The molecule has 0 saturated heterocycles. The average molecular weight is 251 g/mol. The third-order valence-corrected chi connectivity index (χ3v) is 4.74. The second kappa shape index (κ2) is 5.95. The van der Waals surface area contributed by atoms with E-state index in [1.807, 2.05) is 0 Å². The highest BCUT2D eigenvalue weighted by Crippen LogP contribution is 2.24. The summed E-state index contributed by atoms with van der Waals surface area (Å²) in [4.78, 5) is 0. The fraction of sp³-hybridized carbons (Fsp3) is 1.00. The molecule has 0 bridgehead atoms. The molecule has 0 aromatic heterocycles. The number of ether oxygens (including phenoxy) is 2. The van der Waals surface area contributed by atoms with Gasteiger partial charge in [-0.25, -0.2) is 8.42 Å². The van der Waals surface area contributed by atoms with Crippen molar-refractivity contribution < 1.29 is 17.9 Å². The van der Waals surface area contributed by atoms with Crippen molar-refractivity contribution in [2.45, 2.75) is 36.8 Å². The summed E-state index contributed by atoms with van der Waals surface area (Å²) >= 11 is 0. The van der Waals surface area contributed by atoms with Crippen LogP contribution in [0.4, 0.5) is 0 Å². The van der Waals surface area contributed by atoms with Crippen molar-refractivity contribution in [3.63, 3.8) is 0 Å². The number of methoxy groups -OCH3 is 2. The Morgan fingerprint density at radius 3 is 2.44 bits per heavy atom. The van der Waals surface area contributed by atoms with E-state index in [9.17, 15) is 8.42 Å². The number of hydrogen-bond acceptors (Lipinski definition) is 5. The third-order valence-electron chi connectivity index (χ3n) is 3.07. The second-order valence-corrected chi connectivity index (χ2v) is 6.48. The van der Waals surface area contributed by atoms with Crippen LogP contribution in [0.15, 0.2) is 0 Å². The molecule has 0 heterocycles. The van der Waals surface area contributed by atoms with Gasteiger partial charge in [0.05, 0.1) is 5.25 Å². The lowest BCUT2D eigenvalue weighted by molar-refractivity contribution is -0.0997. The van der Waals surface area contributed by atoms with Crippen molar-refractivity contribution in [3.05, 3.63) is 0 Å². The molecule has 0 amide bonds. The molecule has 1 N–H and O–H groups in total. The Bertz CT molecular complexity index is 300. The molecule has 6 heteroatoms. The van der Waals surface area contributed by atoms with Crippen molar-refractivity contribution >= 4 is 9.84 Å². The molecule has 1 fully saturated rings. The van der Waals surface area contributed by atoms with Gasteiger partial charge in [-0.1, -0.05) is 6.42 Å².